The van der Waals surface area contributed by atoms with E-state index in [2.05, 4.69) is 125 Å². The first-order valence-electron chi connectivity index (χ1n) is 38.7. The van der Waals surface area contributed by atoms with Crippen LogP contribution in [0.25, 0.3) is 22.0 Å². The molecule has 624 valence electrons. The van der Waals surface area contributed by atoms with Crippen LogP contribution in [0.3, 0.4) is 0 Å². The van der Waals surface area contributed by atoms with Gasteiger partial charge in [-0.15, -0.1) is 11.3 Å². The lowest BCUT2D eigenvalue weighted by Gasteiger charge is -2.26. The van der Waals surface area contributed by atoms with Crippen LogP contribution in [0.5, 0.6) is 23.0 Å². The molecule has 13 heterocycles. The number of methoxy groups -OCH3 is 4. The average molecular weight is 1700 g/mol. The molecule has 8 N–H and O–H groups in total. The normalized spacial score (nSPS) is 20.4. The minimum atomic E-state index is -1.61. The summed E-state index contributed by atoms with van der Waals surface area (Å²) in [4.78, 5) is 174. The molecule has 9 aliphatic heterocycles. The summed E-state index contributed by atoms with van der Waals surface area (Å²) in [7, 11) is 7.94. The first-order valence-corrected chi connectivity index (χ1v) is 39.5. The Balaban J connectivity index is 0.000000123. The molecule has 4 saturated heterocycles. The Morgan fingerprint density at radius 2 is 0.912 bits per heavy atom. The van der Waals surface area contributed by atoms with E-state index in [1.54, 1.807) is 84.1 Å². The van der Waals surface area contributed by atoms with Crippen LogP contribution in [0.2, 0.25) is 0 Å². The second kappa shape index (κ2) is 33.6. The Morgan fingerprint density at radius 3 is 1.30 bits per heavy atom. The number of allylic oxidation sites excluding steroid dienone is 3. The molecule has 4 atom stereocenters. The summed E-state index contributed by atoms with van der Waals surface area (Å²) in [5.74, 6) is 25.5. The molecule has 10 aliphatic rings. The molecule has 19 rings (SSSR count). The van der Waals surface area contributed by atoms with Crippen LogP contribution < -0.4 is 66.1 Å². The van der Waals surface area contributed by atoms with Gasteiger partial charge in [0.2, 0.25) is 22.2 Å². The highest BCUT2D eigenvalue weighted by molar-refractivity contribution is 7.12. The van der Waals surface area contributed by atoms with Crippen LogP contribution in [-0.4, -0.2) is 209 Å². The maximum atomic E-state index is 13.0. The molecule has 4 aromatic heterocycles. The fourth-order valence-electron chi connectivity index (χ4n) is 15.0. The van der Waals surface area contributed by atoms with Crippen molar-refractivity contribution >= 4 is 105 Å². The molecule has 0 radical (unpaired) electrons. The van der Waals surface area contributed by atoms with Gasteiger partial charge in [-0.2, -0.15) is 5.10 Å². The van der Waals surface area contributed by atoms with Gasteiger partial charge in [0.25, 0.3) is 47.3 Å². The van der Waals surface area contributed by atoms with Crippen molar-refractivity contribution in [2.75, 3.05) is 54.6 Å². The van der Waals surface area contributed by atoms with Gasteiger partial charge in [0.1, 0.15) is 35.0 Å². The average Bonchev–Trinajstić information content (AvgIpc) is 1.64. The standard InChI is InChI=1S/C24H20N6O4.C23H17N5O4.C23H18N4O4.C19H16N4O4S/c1-29-12-18(11-26-29)17-7-15(9-25-10-17)5-6-24(22(32)27-23(33)28-24)14-30-13-16-3-4-19(34-2)8-20(16)21(30)31;1-32-15-7-6-14-11-28(20(29)17(14)10-15)12-23(21(30)26-22(31)27-23)9-8-19-16-4-2-3-5-18(16)24-13-25-19;1-31-18-7-5-16-12-27(20(28)19(16)10-18)13-23(21(29)25-22(30)26-23)9-8-17-6-4-15(11-24-17)14-2-3-14;1-11-20-8-14(28-11)5-6-19(17(25)21-18(26)22-19)10-23-9-12-3-4-13(27-2)7-15(12)16(23)24/h3-4,7-12H,13-14H2,1-2H3,(H2,27,28,32,33);2-7,10,13H,11-12H2,1H3,(H2,26,27,30,31);4-7,10,14H,2-3,12-13H2,1H3,(H-,25,26,29,30);3-4,7-8H,9-10H2,1-2H3,(H2,21,22,25,26)/p+1/t24-;2*23-;19-/m1111/s1. The number of ether oxygens (including phenoxy) is 4. The van der Waals surface area contributed by atoms with E-state index >= 15 is 0 Å². The number of para-hydroxylation sites is 1. The smallest absolute Gasteiger partial charge is 0.391 e. The Kier molecular flexibility index (Phi) is 22.1. The molecule has 35 nitrogen and oxygen atoms in total. The van der Waals surface area contributed by atoms with Crippen molar-refractivity contribution in [1.82, 2.24) is 96.5 Å². The number of rotatable bonds is 14. The SMILES string of the molecule is COc1ccc2c(c1)C(=O)N(C[C@@]1(C#CC3=[N+]=C=C(C4CC4)C=C3)NC(=O)NC1=O)C2.COc1ccc2c(c1)C(=O)N(C[C@@]1(C#Cc3cnc(C)s3)NC(=O)NC1=O)C2.COc1ccc2c(c1)C(=O)N(C[C@@]1(C#Cc3cncc(-c4cnn(C)c4)c3)NC(=O)NC1=O)C2.COc1ccc2c(c1)C(=O)N(C[C@@]1(C#Cc3ncnc4ccccc34)NC(=O)NC1=O)C2. The highest BCUT2D eigenvalue weighted by Gasteiger charge is 2.53. The number of carbonyl (C=O) groups is 12. The Bertz CT molecular complexity index is 6630. The van der Waals surface area contributed by atoms with Crippen molar-refractivity contribution in [2.24, 2.45) is 13.0 Å². The predicted octanol–water partition coefficient (Wildman–Crippen LogP) is 3.66. The van der Waals surface area contributed by atoms with E-state index in [0.29, 0.717) is 105 Å². The molecule has 1 aliphatic carbocycles. The highest BCUT2D eigenvalue weighted by atomic mass is 32.1. The molecule has 0 unspecified atom stereocenters. The number of nitrogens with zero attached hydrogens (tertiary/aromatic N) is 11. The summed E-state index contributed by atoms with van der Waals surface area (Å²) in [5, 5.41) is 25.0. The van der Waals surface area contributed by atoms with E-state index in [1.807, 2.05) is 80.8 Å². The summed E-state index contributed by atoms with van der Waals surface area (Å²) >= 11 is 1.39. The number of hydrogen-bond donors (Lipinski definition) is 8. The number of hydrogen-bond acceptors (Lipinski definition) is 22. The van der Waals surface area contributed by atoms with Crippen molar-refractivity contribution in [3.63, 3.8) is 0 Å². The number of aromatic nitrogens is 6. The Morgan fingerprint density at radius 1 is 0.480 bits per heavy atom. The third-order valence-corrected chi connectivity index (χ3v) is 22.4. The van der Waals surface area contributed by atoms with Crippen LogP contribution in [-0.2, 0) is 52.4 Å². The number of aryl methyl sites for hydroxylation is 2. The summed E-state index contributed by atoms with van der Waals surface area (Å²) < 4.78 is 26.7. The summed E-state index contributed by atoms with van der Waals surface area (Å²) in [6.45, 7) is 2.70. The maximum Gasteiger partial charge on any atom is 0.391 e. The van der Waals surface area contributed by atoms with Gasteiger partial charge in [-0.1, -0.05) is 66.0 Å². The zero-order valence-corrected chi connectivity index (χ0v) is 68.3. The maximum absolute atomic E-state index is 13.0. The largest absolute Gasteiger partial charge is 0.497 e. The van der Waals surface area contributed by atoms with Gasteiger partial charge >= 0.3 is 35.7 Å². The number of thiazole rings is 1. The lowest BCUT2D eigenvalue weighted by Crippen LogP contribution is -2.54. The number of carbonyl (C=O) groups excluding carboxylic acids is 12. The fraction of sp³-hybridized carbons (Fsp3) is 0.236. The molecule has 36 heteroatoms. The third-order valence-electron chi connectivity index (χ3n) is 21.6. The van der Waals surface area contributed by atoms with Crippen LogP contribution in [0.1, 0.15) is 97.7 Å². The topological polar surface area (TPSA) is 434 Å². The molecule has 0 bridgehead atoms. The van der Waals surface area contributed by atoms with E-state index < -0.39 is 69.9 Å². The number of urea groups is 4. The second-order valence-electron chi connectivity index (χ2n) is 30.0. The minimum Gasteiger partial charge on any atom is -0.497 e. The van der Waals surface area contributed by atoms with Crippen LogP contribution >= 0.6 is 11.3 Å². The van der Waals surface area contributed by atoms with Crippen molar-refractivity contribution in [3.05, 3.63) is 224 Å². The first kappa shape index (κ1) is 82.2. The molecule has 9 aromatic rings. The van der Waals surface area contributed by atoms with Gasteiger partial charge in [0.05, 0.1) is 88.0 Å². The predicted molar refractivity (Wildman–Crippen MR) is 447 cm³/mol. The van der Waals surface area contributed by atoms with Gasteiger partial charge in [0, 0.05) is 108 Å². The highest BCUT2D eigenvalue weighted by Crippen LogP contribution is 2.37. The van der Waals surface area contributed by atoms with Crippen molar-refractivity contribution < 1.29 is 76.5 Å². The van der Waals surface area contributed by atoms with E-state index in [4.69, 9.17) is 18.9 Å². The number of pyridine rings is 1. The number of nitrogens with one attached hydrogen (secondary N) is 8. The van der Waals surface area contributed by atoms with Crippen LogP contribution in [0, 0.1) is 60.2 Å². The summed E-state index contributed by atoms with van der Waals surface area (Å²) in [6.07, 6.45) is 15.8. The number of benzene rings is 5. The van der Waals surface area contributed by atoms with Gasteiger partial charge in [-0.05, 0) is 137 Å². The molecule has 5 aromatic carbocycles. The zero-order valence-electron chi connectivity index (χ0n) is 67.4. The van der Waals surface area contributed by atoms with E-state index in [9.17, 15) is 57.5 Å². The van der Waals surface area contributed by atoms with E-state index in [0.717, 1.165) is 62.2 Å². The molecular formula is C89H72N19O16S+. The second-order valence-corrected chi connectivity index (χ2v) is 31.2. The van der Waals surface area contributed by atoms with Gasteiger partial charge < -0.3 is 59.8 Å². The van der Waals surface area contributed by atoms with E-state index in [-0.39, 0.29) is 49.8 Å². The van der Waals surface area contributed by atoms with Gasteiger partial charge in [-0.25, -0.2) is 34.1 Å². The van der Waals surface area contributed by atoms with Crippen LogP contribution in [0.15, 0.2) is 158 Å². The first-order chi connectivity index (χ1) is 60.2. The summed E-state index contributed by atoms with van der Waals surface area (Å²) in [6, 6.07) is 27.6. The van der Waals surface area contributed by atoms with Gasteiger partial charge in [0.15, 0.2) is 0 Å². The quantitative estimate of drug-likeness (QED) is 0.0437. The molecule has 125 heavy (non-hydrogen) atoms. The Hall–Kier alpha value is -16.5. The molecule has 0 spiro atoms. The number of amides is 16. The summed E-state index contributed by atoms with van der Waals surface area (Å²) in [5.41, 5.74) is 3.90. The number of imide groups is 4. The molecule has 1 saturated carbocycles. The minimum absolute atomic E-state index is 0.0643. The van der Waals surface area contributed by atoms with Crippen molar-refractivity contribution in [1.29, 1.82) is 0 Å². The molecule has 5 fully saturated rings. The molecule has 16 amide bonds. The van der Waals surface area contributed by atoms with Crippen LogP contribution in [0.4, 0.5) is 19.2 Å². The van der Waals surface area contributed by atoms with Crippen molar-refractivity contribution in [2.45, 2.75) is 68.1 Å². The van der Waals surface area contributed by atoms with Crippen molar-refractivity contribution in [3.8, 4) is 81.5 Å². The number of fused-ring (bicyclic) bond motifs is 5. The fourth-order valence-corrected chi connectivity index (χ4v) is 15.6. The lowest BCUT2D eigenvalue weighted by molar-refractivity contribution is -0.123. The third kappa shape index (κ3) is 17.0. The zero-order chi connectivity index (χ0) is 87.6. The van der Waals surface area contributed by atoms with E-state index in [1.165, 1.54) is 65.7 Å². The van der Waals surface area contributed by atoms with Gasteiger partial charge in [-0.3, -0.25) is 69.3 Å². The molecular weight excluding hydrogens is 1620 g/mol. The Labute approximate surface area is 715 Å². The monoisotopic (exact) mass is 1690 g/mol. The lowest BCUT2D eigenvalue weighted by atomic mass is 9.99.